The van der Waals surface area contributed by atoms with Gasteiger partial charge in [0.15, 0.2) is 0 Å². The second-order valence-corrected chi connectivity index (χ2v) is 8.65. The van der Waals surface area contributed by atoms with Crippen LogP contribution in [-0.2, 0) is 11.8 Å². The Hall–Kier alpha value is -3.88. The average Bonchev–Trinajstić information content (AvgIpc) is 3.51. The fraction of sp³-hybridized carbons (Fsp3) is 0.333. The van der Waals surface area contributed by atoms with Crippen LogP contribution in [0.25, 0.3) is 22.2 Å². The van der Waals surface area contributed by atoms with Crippen molar-refractivity contribution in [3.63, 3.8) is 0 Å². The molecule has 0 bridgehead atoms. The second-order valence-electron chi connectivity index (χ2n) is 8.65. The highest BCUT2D eigenvalue weighted by atomic mass is 16.2. The van der Waals surface area contributed by atoms with Gasteiger partial charge in [-0.05, 0) is 30.2 Å². The first kappa shape index (κ1) is 21.0. The van der Waals surface area contributed by atoms with Gasteiger partial charge in [0.25, 0.3) is 0 Å². The molecule has 2 aliphatic rings. The summed E-state index contributed by atoms with van der Waals surface area (Å²) in [6.07, 6.45) is 3.69. The first-order chi connectivity index (χ1) is 15.9. The molecule has 0 spiro atoms. The molecule has 2 fully saturated rings. The van der Waals surface area contributed by atoms with Gasteiger partial charge in [-0.25, -0.2) is 14.8 Å². The van der Waals surface area contributed by atoms with E-state index in [0.717, 1.165) is 40.0 Å². The number of nitrogens with zero attached hydrogens (tertiary/aromatic N) is 6. The van der Waals surface area contributed by atoms with Crippen LogP contribution in [0.4, 0.5) is 16.3 Å². The number of rotatable bonds is 4. The third-order valence-electron chi connectivity index (χ3n) is 6.79. The van der Waals surface area contributed by atoms with E-state index in [1.165, 1.54) is 12.4 Å². The van der Waals surface area contributed by atoms with Crippen molar-refractivity contribution in [2.45, 2.75) is 12.3 Å². The van der Waals surface area contributed by atoms with E-state index in [2.05, 4.69) is 21.1 Å². The van der Waals surface area contributed by atoms with E-state index in [-0.39, 0.29) is 17.9 Å². The maximum absolute atomic E-state index is 12.4. The van der Waals surface area contributed by atoms with Crippen LogP contribution in [0.1, 0.15) is 18.0 Å². The minimum absolute atomic E-state index is 0.00387. The molecule has 2 saturated heterocycles. The molecule has 33 heavy (non-hydrogen) atoms. The molecule has 170 valence electrons. The first-order valence-electron chi connectivity index (χ1n) is 11.0. The van der Waals surface area contributed by atoms with Gasteiger partial charge in [0.2, 0.25) is 5.91 Å². The van der Waals surface area contributed by atoms with Crippen molar-refractivity contribution in [1.82, 2.24) is 24.3 Å². The number of amides is 3. The Bertz CT molecular complexity index is 1260. The van der Waals surface area contributed by atoms with Crippen molar-refractivity contribution in [1.29, 1.82) is 0 Å². The number of carbonyl (C=O) groups excluding carboxylic acids is 2. The zero-order valence-corrected chi connectivity index (χ0v) is 18.9. The fourth-order valence-electron chi connectivity index (χ4n) is 5.07. The van der Waals surface area contributed by atoms with Gasteiger partial charge in [-0.1, -0.05) is 18.7 Å². The summed E-state index contributed by atoms with van der Waals surface area (Å²) >= 11 is 0. The molecule has 3 amide bonds. The van der Waals surface area contributed by atoms with Gasteiger partial charge in [-0.2, -0.15) is 0 Å². The predicted octanol–water partition coefficient (Wildman–Crippen LogP) is 2.59. The van der Waals surface area contributed by atoms with Crippen molar-refractivity contribution < 1.29 is 9.59 Å². The largest absolute Gasteiger partial charge is 0.383 e. The lowest BCUT2D eigenvalue weighted by Gasteiger charge is -2.18. The number of aryl methyl sites for hydroxylation is 1. The Morgan fingerprint density at radius 1 is 1.15 bits per heavy atom. The van der Waals surface area contributed by atoms with E-state index in [9.17, 15) is 9.59 Å². The zero-order chi connectivity index (χ0) is 23.3. The number of benzene rings is 1. The third kappa shape index (κ3) is 3.31. The summed E-state index contributed by atoms with van der Waals surface area (Å²) in [5.74, 6) is 0.506. The maximum atomic E-state index is 12.4. The fourth-order valence-corrected chi connectivity index (χ4v) is 5.07. The molecule has 0 aliphatic carbocycles. The Morgan fingerprint density at radius 3 is 2.58 bits per heavy atom. The molecule has 1 atom stereocenters. The molecule has 9 nitrogen and oxygen atoms in total. The number of carbonyl (C=O) groups is 2. The topological polar surface area (TPSA) is 101 Å². The van der Waals surface area contributed by atoms with Gasteiger partial charge < -0.3 is 20.1 Å². The van der Waals surface area contributed by atoms with E-state index >= 15 is 0 Å². The number of anilines is 2. The molecule has 2 aliphatic heterocycles. The zero-order valence-electron chi connectivity index (χ0n) is 18.9. The SMILES string of the molecule is C=CC(=O)N1CCC(c2c(-c3ccc(N4CCN(C)C4=O)cc3)c3c(N)ncnc3n2C)C1. The molecule has 5 rings (SSSR count). The second kappa shape index (κ2) is 7.91. The molecular weight excluding hydrogens is 418 g/mol. The molecule has 3 aromatic rings. The standard InChI is InChI=1S/C24H27N7O2/c1-4-18(32)30-10-9-16(13-30)21-19(20-22(25)26-14-27-23(20)29(21)3)15-5-7-17(8-6-15)31-12-11-28(2)24(31)33/h4-8,14,16H,1,9-13H2,2-3H3,(H2,25,26,27). The maximum Gasteiger partial charge on any atom is 0.324 e. The van der Waals surface area contributed by atoms with Gasteiger partial charge in [-0.3, -0.25) is 9.69 Å². The van der Waals surface area contributed by atoms with Crippen LogP contribution < -0.4 is 10.6 Å². The summed E-state index contributed by atoms with van der Waals surface area (Å²) in [5, 5.41) is 0.813. The molecule has 9 heteroatoms. The van der Waals surface area contributed by atoms with Crippen LogP contribution in [-0.4, -0.2) is 69.5 Å². The van der Waals surface area contributed by atoms with Crippen molar-refractivity contribution in [3.05, 3.63) is 48.9 Å². The summed E-state index contributed by atoms with van der Waals surface area (Å²) in [5.41, 5.74) is 11.0. The molecular formula is C24H27N7O2. The normalized spacial score (nSPS) is 18.5. The van der Waals surface area contributed by atoms with E-state index in [4.69, 9.17) is 5.73 Å². The van der Waals surface area contributed by atoms with Crippen LogP contribution in [0, 0.1) is 0 Å². The molecule has 1 aromatic carbocycles. The number of fused-ring (bicyclic) bond motifs is 1. The van der Waals surface area contributed by atoms with E-state index < -0.39 is 0 Å². The highest BCUT2D eigenvalue weighted by Gasteiger charge is 2.33. The van der Waals surface area contributed by atoms with Crippen LogP contribution in [0.3, 0.4) is 0 Å². The molecule has 1 unspecified atom stereocenters. The van der Waals surface area contributed by atoms with Crippen LogP contribution in [0.2, 0.25) is 0 Å². The van der Waals surface area contributed by atoms with Crippen molar-refractivity contribution in [2.24, 2.45) is 7.05 Å². The number of hydrogen-bond acceptors (Lipinski definition) is 5. The van der Waals surface area contributed by atoms with Gasteiger partial charge >= 0.3 is 6.03 Å². The summed E-state index contributed by atoms with van der Waals surface area (Å²) in [7, 11) is 3.79. The summed E-state index contributed by atoms with van der Waals surface area (Å²) in [6.45, 7) is 6.30. The Kier molecular flexibility index (Phi) is 5.03. The van der Waals surface area contributed by atoms with E-state index in [1.807, 2.05) is 43.3 Å². The number of nitrogens with two attached hydrogens (primary N) is 1. The summed E-state index contributed by atoms with van der Waals surface area (Å²) in [6, 6.07) is 7.98. The van der Waals surface area contributed by atoms with Crippen LogP contribution in [0.5, 0.6) is 0 Å². The van der Waals surface area contributed by atoms with E-state index in [0.29, 0.717) is 32.0 Å². The number of nitrogen functional groups attached to an aromatic ring is 1. The van der Waals surface area contributed by atoms with Crippen LogP contribution >= 0.6 is 0 Å². The van der Waals surface area contributed by atoms with Gasteiger partial charge in [0, 0.05) is 63.1 Å². The van der Waals surface area contributed by atoms with Crippen molar-refractivity contribution in [2.75, 3.05) is 43.9 Å². The van der Waals surface area contributed by atoms with Gasteiger partial charge in [0.1, 0.15) is 17.8 Å². The lowest BCUT2D eigenvalue weighted by atomic mass is 9.94. The summed E-state index contributed by atoms with van der Waals surface area (Å²) < 4.78 is 2.07. The van der Waals surface area contributed by atoms with E-state index in [1.54, 1.807) is 9.80 Å². The summed E-state index contributed by atoms with van der Waals surface area (Å²) in [4.78, 5) is 38.7. The molecule has 2 aromatic heterocycles. The van der Waals surface area contributed by atoms with Crippen molar-refractivity contribution >= 4 is 34.5 Å². The molecule has 4 heterocycles. The Balaban J connectivity index is 1.60. The first-order valence-corrected chi connectivity index (χ1v) is 11.0. The third-order valence-corrected chi connectivity index (χ3v) is 6.79. The molecule has 2 N–H and O–H groups in total. The molecule has 0 saturated carbocycles. The Labute approximate surface area is 192 Å². The average molecular weight is 446 g/mol. The highest BCUT2D eigenvalue weighted by molar-refractivity contribution is 6.03. The Morgan fingerprint density at radius 2 is 1.91 bits per heavy atom. The lowest BCUT2D eigenvalue weighted by molar-refractivity contribution is -0.125. The predicted molar refractivity (Wildman–Crippen MR) is 128 cm³/mol. The highest BCUT2D eigenvalue weighted by Crippen LogP contribution is 2.42. The monoisotopic (exact) mass is 445 g/mol. The number of hydrogen-bond donors (Lipinski definition) is 1. The number of aromatic nitrogens is 3. The smallest absolute Gasteiger partial charge is 0.324 e. The molecule has 0 radical (unpaired) electrons. The minimum atomic E-state index is -0.0540. The number of likely N-dealkylation sites (N-methyl/N-ethyl adjacent to an activating group) is 1. The number of urea groups is 1. The minimum Gasteiger partial charge on any atom is -0.383 e. The van der Waals surface area contributed by atoms with Crippen LogP contribution in [0.15, 0.2) is 43.2 Å². The quantitative estimate of drug-likeness (QED) is 0.622. The number of likely N-dealkylation sites (tertiary alicyclic amines) is 1. The van der Waals surface area contributed by atoms with Crippen molar-refractivity contribution in [3.8, 4) is 11.1 Å². The van der Waals surface area contributed by atoms with Gasteiger partial charge in [-0.15, -0.1) is 0 Å². The van der Waals surface area contributed by atoms with Gasteiger partial charge in [0.05, 0.1) is 5.39 Å². The lowest BCUT2D eigenvalue weighted by Crippen LogP contribution is -2.29.